The van der Waals surface area contributed by atoms with Crippen molar-refractivity contribution >= 4 is 28.9 Å². The van der Waals surface area contributed by atoms with E-state index in [-0.39, 0.29) is 11.7 Å². The first-order valence-electron chi connectivity index (χ1n) is 8.65. The molecule has 6 heteroatoms. The van der Waals surface area contributed by atoms with Crippen LogP contribution in [-0.4, -0.2) is 24.6 Å². The van der Waals surface area contributed by atoms with Crippen molar-refractivity contribution in [2.75, 3.05) is 23.3 Å². The molecular weight excluding hydrogens is 355 g/mol. The Labute approximate surface area is 157 Å². The molecule has 1 aliphatic heterocycles. The Morgan fingerprint density at radius 2 is 1.81 bits per heavy atom. The van der Waals surface area contributed by atoms with Gasteiger partial charge in [-0.3, -0.25) is 4.79 Å². The summed E-state index contributed by atoms with van der Waals surface area (Å²) in [6, 6.07) is 11.4. The third-order valence-corrected chi connectivity index (χ3v) is 4.60. The molecule has 1 heterocycles. The number of ether oxygens (including phenoxy) is 1. The monoisotopic (exact) mass is 376 g/mol. The number of nitrogens with one attached hydrogen (secondary N) is 1. The molecule has 2 aromatic rings. The third-order valence-electron chi connectivity index (χ3n) is 4.35. The van der Waals surface area contributed by atoms with Crippen molar-refractivity contribution in [1.29, 1.82) is 0 Å². The Morgan fingerprint density at radius 1 is 1.15 bits per heavy atom. The first-order valence-corrected chi connectivity index (χ1v) is 9.03. The van der Waals surface area contributed by atoms with E-state index in [9.17, 15) is 9.18 Å². The van der Waals surface area contributed by atoms with Gasteiger partial charge in [0.15, 0.2) is 5.60 Å². The summed E-state index contributed by atoms with van der Waals surface area (Å²) in [5.41, 5.74) is 0.0763. The fraction of sp³-hybridized carbons (Fsp3) is 0.350. The topological polar surface area (TPSA) is 41.6 Å². The Kier molecular flexibility index (Phi) is 5.37. The second kappa shape index (κ2) is 7.54. The lowest BCUT2D eigenvalue weighted by Gasteiger charge is -2.26. The molecule has 2 aromatic carbocycles. The highest BCUT2D eigenvalue weighted by Crippen LogP contribution is 2.27. The summed E-state index contributed by atoms with van der Waals surface area (Å²) < 4.78 is 19.8. The maximum atomic E-state index is 14.0. The minimum absolute atomic E-state index is 0.356. The van der Waals surface area contributed by atoms with Gasteiger partial charge in [0, 0.05) is 29.5 Å². The molecule has 4 nitrogen and oxygen atoms in total. The average Bonchev–Trinajstić information content (AvgIpc) is 3.11. The largest absolute Gasteiger partial charge is 0.478 e. The van der Waals surface area contributed by atoms with Crippen LogP contribution in [0.25, 0.3) is 0 Å². The molecule has 0 saturated carbocycles. The van der Waals surface area contributed by atoms with Crippen molar-refractivity contribution in [3.05, 3.63) is 53.3 Å². The van der Waals surface area contributed by atoms with Gasteiger partial charge in [-0.15, -0.1) is 0 Å². The van der Waals surface area contributed by atoms with E-state index in [0.29, 0.717) is 16.5 Å². The van der Waals surface area contributed by atoms with Crippen molar-refractivity contribution < 1.29 is 13.9 Å². The number of nitrogens with zero attached hydrogens (tertiary/aromatic N) is 1. The van der Waals surface area contributed by atoms with Crippen molar-refractivity contribution in [2.24, 2.45) is 0 Å². The zero-order chi connectivity index (χ0) is 18.7. The highest BCUT2D eigenvalue weighted by molar-refractivity contribution is 6.30. The van der Waals surface area contributed by atoms with Crippen LogP contribution < -0.4 is 15.0 Å². The third kappa shape index (κ3) is 4.47. The van der Waals surface area contributed by atoms with Crippen molar-refractivity contribution in [2.45, 2.75) is 32.3 Å². The Balaban J connectivity index is 1.72. The van der Waals surface area contributed by atoms with Crippen LogP contribution in [0.2, 0.25) is 5.02 Å². The van der Waals surface area contributed by atoms with Gasteiger partial charge < -0.3 is 15.0 Å². The number of amides is 1. The molecule has 1 saturated heterocycles. The maximum Gasteiger partial charge on any atom is 0.267 e. The van der Waals surface area contributed by atoms with Crippen LogP contribution in [0.3, 0.4) is 0 Å². The Morgan fingerprint density at radius 3 is 2.46 bits per heavy atom. The molecule has 0 bridgehead atoms. The molecule has 0 atom stereocenters. The van der Waals surface area contributed by atoms with Crippen LogP contribution in [0.4, 0.5) is 15.8 Å². The first kappa shape index (κ1) is 18.5. The Bertz CT molecular complexity index is 787. The lowest BCUT2D eigenvalue weighted by Crippen LogP contribution is -2.42. The number of benzene rings is 2. The molecule has 26 heavy (non-hydrogen) atoms. The molecule has 1 amide bonds. The van der Waals surface area contributed by atoms with E-state index >= 15 is 0 Å². The summed E-state index contributed by atoms with van der Waals surface area (Å²) in [6.07, 6.45) is 2.19. The zero-order valence-electron chi connectivity index (χ0n) is 14.9. The molecule has 0 radical (unpaired) electrons. The number of carbonyl (C=O) groups is 1. The second-order valence-electron chi connectivity index (χ2n) is 6.91. The van der Waals surface area contributed by atoms with Gasteiger partial charge in [-0.1, -0.05) is 11.6 Å². The van der Waals surface area contributed by atoms with Gasteiger partial charge in [0.1, 0.15) is 11.6 Å². The first-order chi connectivity index (χ1) is 12.3. The summed E-state index contributed by atoms with van der Waals surface area (Å²) in [5, 5.41) is 3.35. The SMILES string of the molecule is CC(C)(Oc1ccc(Cl)cc1)C(=O)Nc1cc(F)cc(N2CCCC2)c1. The summed E-state index contributed by atoms with van der Waals surface area (Å²) in [5.74, 6) is -0.196. The van der Waals surface area contributed by atoms with Crippen LogP contribution >= 0.6 is 11.6 Å². The van der Waals surface area contributed by atoms with E-state index < -0.39 is 5.60 Å². The number of anilines is 2. The molecule has 1 aliphatic rings. The standard InChI is InChI=1S/C20H22ClFN2O2/c1-20(2,26-18-7-5-14(21)6-8-18)19(25)23-16-11-15(22)12-17(13-16)24-9-3-4-10-24/h5-8,11-13H,3-4,9-10H2,1-2H3,(H,23,25). The van der Waals surface area contributed by atoms with Crippen LogP contribution in [-0.2, 0) is 4.79 Å². The van der Waals surface area contributed by atoms with E-state index in [1.54, 1.807) is 44.2 Å². The number of hydrogen-bond donors (Lipinski definition) is 1. The summed E-state index contributed by atoms with van der Waals surface area (Å²) in [6.45, 7) is 5.14. The molecule has 138 valence electrons. The van der Waals surface area contributed by atoms with Crippen molar-refractivity contribution in [1.82, 2.24) is 0 Å². The number of hydrogen-bond acceptors (Lipinski definition) is 3. The second-order valence-corrected chi connectivity index (χ2v) is 7.35. The van der Waals surface area contributed by atoms with Crippen LogP contribution in [0.15, 0.2) is 42.5 Å². The molecule has 1 N–H and O–H groups in total. The highest BCUT2D eigenvalue weighted by Gasteiger charge is 2.30. The minimum Gasteiger partial charge on any atom is -0.478 e. The smallest absolute Gasteiger partial charge is 0.267 e. The molecule has 0 aromatic heterocycles. The van der Waals surface area contributed by atoms with E-state index in [4.69, 9.17) is 16.3 Å². The van der Waals surface area contributed by atoms with Crippen LogP contribution in [0.5, 0.6) is 5.75 Å². The molecular formula is C20H22ClFN2O2. The number of halogens is 2. The van der Waals surface area contributed by atoms with Gasteiger partial charge in [0.25, 0.3) is 5.91 Å². The average molecular weight is 377 g/mol. The van der Waals surface area contributed by atoms with E-state index in [1.165, 1.54) is 12.1 Å². The lowest BCUT2D eigenvalue weighted by atomic mass is 10.1. The van der Waals surface area contributed by atoms with Crippen molar-refractivity contribution in [3.63, 3.8) is 0 Å². The summed E-state index contributed by atoms with van der Waals surface area (Å²) in [7, 11) is 0. The van der Waals surface area contributed by atoms with Crippen LogP contribution in [0, 0.1) is 5.82 Å². The normalized spacial score (nSPS) is 14.4. The molecule has 0 unspecified atom stereocenters. The van der Waals surface area contributed by atoms with Crippen molar-refractivity contribution in [3.8, 4) is 5.75 Å². The molecule has 3 rings (SSSR count). The lowest BCUT2D eigenvalue weighted by molar-refractivity contribution is -0.128. The van der Waals surface area contributed by atoms with Gasteiger partial charge in [0.05, 0.1) is 0 Å². The van der Waals surface area contributed by atoms with E-state index in [0.717, 1.165) is 31.6 Å². The van der Waals surface area contributed by atoms with E-state index in [2.05, 4.69) is 10.2 Å². The van der Waals surface area contributed by atoms with E-state index in [1.807, 2.05) is 0 Å². The zero-order valence-corrected chi connectivity index (χ0v) is 15.6. The summed E-state index contributed by atoms with van der Waals surface area (Å²) >= 11 is 5.86. The highest BCUT2D eigenvalue weighted by atomic mass is 35.5. The van der Waals surface area contributed by atoms with Gasteiger partial charge >= 0.3 is 0 Å². The molecule has 0 spiro atoms. The van der Waals surface area contributed by atoms with Gasteiger partial charge in [0.2, 0.25) is 0 Å². The van der Waals surface area contributed by atoms with Gasteiger partial charge in [-0.25, -0.2) is 4.39 Å². The number of carbonyl (C=O) groups excluding carboxylic acids is 1. The predicted octanol–water partition coefficient (Wildman–Crippen LogP) is 4.88. The van der Waals surface area contributed by atoms with Gasteiger partial charge in [-0.05, 0) is 69.2 Å². The van der Waals surface area contributed by atoms with Gasteiger partial charge in [-0.2, -0.15) is 0 Å². The fourth-order valence-corrected chi connectivity index (χ4v) is 3.06. The quantitative estimate of drug-likeness (QED) is 0.809. The predicted molar refractivity (Wildman–Crippen MR) is 103 cm³/mol. The minimum atomic E-state index is -1.13. The maximum absolute atomic E-state index is 14.0. The molecule has 1 fully saturated rings. The Hall–Kier alpha value is -2.27. The van der Waals surface area contributed by atoms with Crippen LogP contribution in [0.1, 0.15) is 26.7 Å². The molecule has 0 aliphatic carbocycles. The fourth-order valence-electron chi connectivity index (χ4n) is 2.93. The number of rotatable bonds is 5. The summed E-state index contributed by atoms with van der Waals surface area (Å²) in [4.78, 5) is 14.8.